The van der Waals surface area contributed by atoms with E-state index in [4.69, 9.17) is 5.11 Å². The van der Waals surface area contributed by atoms with E-state index in [1.165, 1.54) is 17.7 Å². The van der Waals surface area contributed by atoms with Crippen LogP contribution >= 0.6 is 0 Å². The van der Waals surface area contributed by atoms with E-state index in [2.05, 4.69) is 10.2 Å². The Morgan fingerprint density at radius 2 is 1.95 bits per heavy atom. The van der Waals surface area contributed by atoms with Crippen LogP contribution in [0.1, 0.15) is 25.7 Å². The summed E-state index contributed by atoms with van der Waals surface area (Å²) in [4.78, 5) is 26.5. The van der Waals surface area contributed by atoms with E-state index in [9.17, 15) is 14.7 Å². The van der Waals surface area contributed by atoms with Crippen molar-refractivity contribution in [2.45, 2.75) is 37.8 Å². The van der Waals surface area contributed by atoms with Crippen molar-refractivity contribution in [3.8, 4) is 0 Å². The van der Waals surface area contributed by atoms with Gasteiger partial charge < -0.3 is 25.3 Å². The number of carbonyl (C=O) groups is 2. The molecule has 7 heteroatoms. The minimum atomic E-state index is -1.06. The third kappa shape index (κ3) is 3.83. The first-order chi connectivity index (χ1) is 9.58. The third-order valence-electron chi connectivity index (χ3n) is 3.95. The number of urea groups is 1. The van der Waals surface area contributed by atoms with Gasteiger partial charge in [0.1, 0.15) is 6.04 Å². The molecular formula is C13H23N3O4. The number of aliphatic hydroxyl groups excluding tert-OH is 1. The second kappa shape index (κ2) is 6.90. The van der Waals surface area contributed by atoms with Crippen molar-refractivity contribution in [3.05, 3.63) is 0 Å². The highest BCUT2D eigenvalue weighted by atomic mass is 16.4. The van der Waals surface area contributed by atoms with Gasteiger partial charge in [-0.2, -0.15) is 0 Å². The number of amides is 2. The number of β-amino-alcohol motifs (C(OH)–C–C–N with tert-alkyl or cyclic N) is 1. The molecule has 114 valence electrons. The molecule has 2 saturated heterocycles. The predicted octanol–water partition coefficient (Wildman–Crippen LogP) is -0.298. The average molecular weight is 285 g/mol. The van der Waals surface area contributed by atoms with Crippen LogP contribution in [0.4, 0.5) is 4.79 Å². The van der Waals surface area contributed by atoms with Gasteiger partial charge in [-0.1, -0.05) is 0 Å². The normalized spacial score (nSPS) is 26.9. The molecule has 0 aromatic rings. The number of carboxylic acids is 1. The van der Waals surface area contributed by atoms with Crippen molar-refractivity contribution in [2.24, 2.45) is 0 Å². The van der Waals surface area contributed by atoms with Crippen molar-refractivity contribution < 1.29 is 19.8 Å². The summed E-state index contributed by atoms with van der Waals surface area (Å²) in [6.07, 6.45) is 2.72. The molecule has 2 aliphatic heterocycles. The van der Waals surface area contributed by atoms with Gasteiger partial charge in [-0.25, -0.2) is 9.59 Å². The van der Waals surface area contributed by atoms with Crippen LogP contribution in [0.2, 0.25) is 0 Å². The molecular weight excluding hydrogens is 262 g/mol. The molecule has 2 aliphatic rings. The first-order valence-electron chi connectivity index (χ1n) is 7.25. The Morgan fingerprint density at radius 1 is 1.25 bits per heavy atom. The Balaban J connectivity index is 1.69. The zero-order valence-corrected chi connectivity index (χ0v) is 11.6. The van der Waals surface area contributed by atoms with Crippen LogP contribution in [-0.2, 0) is 4.79 Å². The molecule has 2 rings (SSSR count). The second-order valence-corrected chi connectivity index (χ2v) is 5.53. The summed E-state index contributed by atoms with van der Waals surface area (Å²) in [5.41, 5.74) is 0. The summed E-state index contributed by atoms with van der Waals surface area (Å²) >= 11 is 0. The van der Waals surface area contributed by atoms with E-state index in [0.717, 1.165) is 26.1 Å². The lowest BCUT2D eigenvalue weighted by Crippen LogP contribution is -2.46. The van der Waals surface area contributed by atoms with E-state index in [1.54, 1.807) is 0 Å². The van der Waals surface area contributed by atoms with E-state index in [-0.39, 0.29) is 13.0 Å². The Kier molecular flexibility index (Phi) is 5.19. The number of likely N-dealkylation sites (tertiary alicyclic amines) is 2. The Bertz CT molecular complexity index is 358. The zero-order chi connectivity index (χ0) is 14.5. The second-order valence-electron chi connectivity index (χ2n) is 5.53. The lowest BCUT2D eigenvalue weighted by Gasteiger charge is -2.22. The first-order valence-corrected chi connectivity index (χ1v) is 7.25. The summed E-state index contributed by atoms with van der Waals surface area (Å²) in [7, 11) is 0. The summed E-state index contributed by atoms with van der Waals surface area (Å²) in [5.74, 6) is -1.06. The standard InChI is InChI=1S/C13H23N3O4/c17-10-8-11(12(18)19)16(9-10)13(20)14-4-3-7-15-5-1-2-6-15/h10-11,17H,1-9H2,(H,14,20)(H,18,19)/t10-,11-/m1/s1. The predicted molar refractivity (Wildman–Crippen MR) is 72.4 cm³/mol. The van der Waals surface area contributed by atoms with Crippen molar-refractivity contribution in [2.75, 3.05) is 32.7 Å². The molecule has 0 bridgehead atoms. The molecule has 3 N–H and O–H groups in total. The van der Waals surface area contributed by atoms with Crippen LogP contribution in [0.25, 0.3) is 0 Å². The molecule has 0 aromatic carbocycles. The largest absolute Gasteiger partial charge is 0.480 e. The van der Waals surface area contributed by atoms with E-state index < -0.39 is 24.1 Å². The van der Waals surface area contributed by atoms with Gasteiger partial charge in [0.05, 0.1) is 6.10 Å². The molecule has 2 atom stereocenters. The van der Waals surface area contributed by atoms with E-state index >= 15 is 0 Å². The van der Waals surface area contributed by atoms with Gasteiger partial charge in [0.25, 0.3) is 0 Å². The van der Waals surface area contributed by atoms with E-state index in [0.29, 0.717) is 6.54 Å². The molecule has 2 amide bonds. The van der Waals surface area contributed by atoms with Gasteiger partial charge in [-0.05, 0) is 38.9 Å². The SMILES string of the molecule is O=C(O)[C@H]1C[C@@H](O)CN1C(=O)NCCCN1CCCC1. The minimum Gasteiger partial charge on any atom is -0.480 e. The maximum Gasteiger partial charge on any atom is 0.326 e. The number of aliphatic hydroxyl groups is 1. The number of nitrogens with zero attached hydrogens (tertiary/aromatic N) is 2. The van der Waals surface area contributed by atoms with Crippen LogP contribution in [0.3, 0.4) is 0 Å². The van der Waals surface area contributed by atoms with Crippen molar-refractivity contribution >= 4 is 12.0 Å². The van der Waals surface area contributed by atoms with Crippen molar-refractivity contribution in [1.29, 1.82) is 0 Å². The monoisotopic (exact) mass is 285 g/mol. The number of hydrogen-bond acceptors (Lipinski definition) is 4. The van der Waals surface area contributed by atoms with Gasteiger partial charge in [0.2, 0.25) is 0 Å². The smallest absolute Gasteiger partial charge is 0.326 e. The topological polar surface area (TPSA) is 93.1 Å². The Hall–Kier alpha value is -1.34. The minimum absolute atomic E-state index is 0.0922. The maximum absolute atomic E-state index is 11.9. The maximum atomic E-state index is 11.9. The molecule has 0 aromatic heterocycles. The van der Waals surface area contributed by atoms with Gasteiger partial charge in [0.15, 0.2) is 0 Å². The first kappa shape index (κ1) is 15.1. The Morgan fingerprint density at radius 3 is 2.60 bits per heavy atom. The highest BCUT2D eigenvalue weighted by molar-refractivity contribution is 5.83. The van der Waals surface area contributed by atoms with Gasteiger partial charge >= 0.3 is 12.0 Å². The number of carbonyl (C=O) groups excluding carboxylic acids is 1. The number of nitrogens with one attached hydrogen (secondary N) is 1. The fraction of sp³-hybridized carbons (Fsp3) is 0.846. The van der Waals surface area contributed by atoms with Gasteiger partial charge in [-0.15, -0.1) is 0 Å². The summed E-state index contributed by atoms with van der Waals surface area (Å²) in [5, 5.41) is 21.3. The van der Waals surface area contributed by atoms with Crippen LogP contribution in [0.15, 0.2) is 0 Å². The van der Waals surface area contributed by atoms with Crippen LogP contribution in [0, 0.1) is 0 Å². The summed E-state index contributed by atoms with van der Waals surface area (Å²) in [6.45, 7) is 3.86. The lowest BCUT2D eigenvalue weighted by atomic mass is 10.2. The molecule has 2 heterocycles. The highest BCUT2D eigenvalue weighted by Gasteiger charge is 2.38. The molecule has 0 aliphatic carbocycles. The molecule has 2 fully saturated rings. The summed E-state index contributed by atoms with van der Waals surface area (Å²) in [6, 6.07) is -1.31. The van der Waals surface area contributed by atoms with Crippen LogP contribution < -0.4 is 5.32 Å². The van der Waals surface area contributed by atoms with Gasteiger partial charge in [-0.3, -0.25) is 0 Å². The molecule has 0 unspecified atom stereocenters. The van der Waals surface area contributed by atoms with Crippen molar-refractivity contribution in [3.63, 3.8) is 0 Å². The molecule has 0 saturated carbocycles. The molecule has 0 spiro atoms. The Labute approximate surface area is 118 Å². The summed E-state index contributed by atoms with van der Waals surface area (Å²) < 4.78 is 0. The lowest BCUT2D eigenvalue weighted by molar-refractivity contribution is -0.141. The number of hydrogen-bond donors (Lipinski definition) is 3. The highest BCUT2D eigenvalue weighted by Crippen LogP contribution is 2.18. The number of aliphatic carboxylic acids is 1. The molecule has 20 heavy (non-hydrogen) atoms. The van der Waals surface area contributed by atoms with Gasteiger partial charge in [0, 0.05) is 19.5 Å². The van der Waals surface area contributed by atoms with E-state index in [1.807, 2.05) is 0 Å². The fourth-order valence-electron chi connectivity index (χ4n) is 2.88. The third-order valence-corrected chi connectivity index (χ3v) is 3.95. The fourth-order valence-corrected chi connectivity index (χ4v) is 2.88. The van der Waals surface area contributed by atoms with Crippen LogP contribution in [-0.4, -0.2) is 76.9 Å². The number of rotatable bonds is 5. The average Bonchev–Trinajstić information content (AvgIpc) is 3.03. The van der Waals surface area contributed by atoms with Crippen molar-refractivity contribution in [1.82, 2.24) is 15.1 Å². The zero-order valence-electron chi connectivity index (χ0n) is 11.6. The number of carboxylic acid groups (broad SMARTS) is 1. The molecule has 0 radical (unpaired) electrons. The quantitative estimate of drug-likeness (QED) is 0.603. The molecule has 7 nitrogen and oxygen atoms in total. The van der Waals surface area contributed by atoms with Crippen LogP contribution in [0.5, 0.6) is 0 Å².